The van der Waals surface area contributed by atoms with Crippen LogP contribution in [0.3, 0.4) is 0 Å². The Morgan fingerprint density at radius 1 is 1.20 bits per heavy atom. The first-order chi connectivity index (χ1) is 12.3. The molecule has 1 aromatic carbocycles. The summed E-state index contributed by atoms with van der Waals surface area (Å²) in [5, 5.41) is 1.21. The highest BCUT2D eigenvalue weighted by atomic mass is 16.5. The Hall–Kier alpha value is -1.49. The van der Waals surface area contributed by atoms with Crippen molar-refractivity contribution in [3.8, 4) is 0 Å². The maximum atomic E-state index is 6.25. The van der Waals surface area contributed by atoms with E-state index in [1.807, 2.05) is 0 Å². The zero-order valence-corrected chi connectivity index (χ0v) is 15.1. The quantitative estimate of drug-likeness (QED) is 0.832. The second kappa shape index (κ2) is 7.40. The molecule has 1 atom stereocenters. The number of ether oxygens (including phenoxy) is 2. The van der Waals surface area contributed by atoms with Crippen LogP contribution < -0.4 is 0 Å². The fraction of sp³-hybridized carbons (Fsp3) is 0.571. The predicted octanol–water partition coefficient (Wildman–Crippen LogP) is 3.64. The minimum absolute atomic E-state index is 0.103. The van der Waals surface area contributed by atoms with E-state index in [-0.39, 0.29) is 5.60 Å². The van der Waals surface area contributed by atoms with Gasteiger partial charge in [0.05, 0.1) is 16.8 Å². The summed E-state index contributed by atoms with van der Waals surface area (Å²) >= 11 is 0. The molecule has 0 bridgehead atoms. The summed E-state index contributed by atoms with van der Waals surface area (Å²) in [7, 11) is 1.79. The van der Waals surface area contributed by atoms with Crippen molar-refractivity contribution in [1.82, 2.24) is 9.88 Å². The third-order valence-electron chi connectivity index (χ3n) is 6.01. The van der Waals surface area contributed by atoms with Crippen LogP contribution >= 0.6 is 0 Å². The van der Waals surface area contributed by atoms with Gasteiger partial charge in [-0.2, -0.15) is 0 Å². The van der Waals surface area contributed by atoms with Gasteiger partial charge in [-0.25, -0.2) is 0 Å². The number of fused-ring (bicyclic) bond motifs is 1. The Labute approximate surface area is 150 Å². The number of benzene rings is 1. The van der Waals surface area contributed by atoms with Gasteiger partial charge in [0.2, 0.25) is 0 Å². The molecule has 134 valence electrons. The number of methoxy groups -OCH3 is 1. The van der Waals surface area contributed by atoms with Crippen molar-refractivity contribution in [3.63, 3.8) is 0 Å². The highest BCUT2D eigenvalue weighted by Gasteiger charge is 2.45. The van der Waals surface area contributed by atoms with E-state index in [2.05, 4.69) is 41.3 Å². The SMILES string of the molecule is COCC[C@H]1CCOC12CCN(Cc1ccc3ccccc3n1)CC2. The van der Waals surface area contributed by atoms with E-state index in [9.17, 15) is 0 Å². The highest BCUT2D eigenvalue weighted by Crippen LogP contribution is 2.42. The molecule has 2 aliphatic heterocycles. The van der Waals surface area contributed by atoms with E-state index in [1.54, 1.807) is 7.11 Å². The zero-order valence-electron chi connectivity index (χ0n) is 15.1. The molecule has 0 amide bonds. The molecule has 2 fully saturated rings. The molecular formula is C21H28N2O2. The zero-order chi connectivity index (χ0) is 17.1. The van der Waals surface area contributed by atoms with Crippen molar-refractivity contribution in [1.29, 1.82) is 0 Å². The number of nitrogens with zero attached hydrogens (tertiary/aromatic N) is 2. The average Bonchev–Trinajstić information content (AvgIpc) is 3.04. The second-order valence-electron chi connectivity index (χ2n) is 7.45. The molecule has 0 unspecified atom stereocenters. The predicted molar refractivity (Wildman–Crippen MR) is 99.5 cm³/mol. The second-order valence-corrected chi connectivity index (χ2v) is 7.45. The van der Waals surface area contributed by atoms with Crippen LogP contribution in [0.15, 0.2) is 36.4 Å². The molecule has 4 rings (SSSR count). The van der Waals surface area contributed by atoms with Crippen LogP contribution in [0.25, 0.3) is 10.9 Å². The summed E-state index contributed by atoms with van der Waals surface area (Å²) in [5.74, 6) is 0.661. The van der Waals surface area contributed by atoms with Crippen molar-refractivity contribution in [2.24, 2.45) is 5.92 Å². The molecule has 2 saturated heterocycles. The normalized spacial score (nSPS) is 23.5. The number of aromatic nitrogens is 1. The van der Waals surface area contributed by atoms with Crippen LogP contribution in [0, 0.1) is 5.92 Å². The van der Waals surface area contributed by atoms with Gasteiger partial charge in [-0.05, 0) is 43.7 Å². The smallest absolute Gasteiger partial charge is 0.0736 e. The van der Waals surface area contributed by atoms with Gasteiger partial charge in [0.1, 0.15) is 0 Å². The van der Waals surface area contributed by atoms with Crippen LogP contribution in [-0.2, 0) is 16.0 Å². The number of hydrogen-bond acceptors (Lipinski definition) is 4. The van der Waals surface area contributed by atoms with Crippen molar-refractivity contribution in [2.45, 2.75) is 37.8 Å². The molecule has 25 heavy (non-hydrogen) atoms. The number of piperidine rings is 1. The minimum atomic E-state index is 0.103. The molecule has 3 heterocycles. The lowest BCUT2D eigenvalue weighted by Crippen LogP contribution is -2.47. The van der Waals surface area contributed by atoms with Gasteiger partial charge in [0, 0.05) is 45.3 Å². The van der Waals surface area contributed by atoms with E-state index in [1.165, 1.54) is 11.8 Å². The number of para-hydroxylation sites is 1. The topological polar surface area (TPSA) is 34.6 Å². The highest BCUT2D eigenvalue weighted by molar-refractivity contribution is 5.78. The molecule has 1 spiro atoms. The maximum Gasteiger partial charge on any atom is 0.0736 e. The Kier molecular flexibility index (Phi) is 5.02. The Balaban J connectivity index is 1.38. The lowest BCUT2D eigenvalue weighted by Gasteiger charge is -2.42. The van der Waals surface area contributed by atoms with Gasteiger partial charge in [-0.15, -0.1) is 0 Å². The van der Waals surface area contributed by atoms with E-state index in [4.69, 9.17) is 14.5 Å². The van der Waals surface area contributed by atoms with Crippen molar-refractivity contribution < 1.29 is 9.47 Å². The number of likely N-dealkylation sites (tertiary alicyclic amines) is 1. The fourth-order valence-corrected chi connectivity index (χ4v) is 4.52. The summed E-state index contributed by atoms with van der Waals surface area (Å²) in [5.41, 5.74) is 2.36. The molecule has 0 aliphatic carbocycles. The van der Waals surface area contributed by atoms with Gasteiger partial charge in [0.15, 0.2) is 0 Å². The molecule has 2 aliphatic rings. The molecule has 1 aromatic heterocycles. The van der Waals surface area contributed by atoms with Crippen LogP contribution in [0.4, 0.5) is 0 Å². The maximum absolute atomic E-state index is 6.25. The largest absolute Gasteiger partial charge is 0.385 e. The average molecular weight is 340 g/mol. The first-order valence-corrected chi connectivity index (χ1v) is 9.49. The third-order valence-corrected chi connectivity index (χ3v) is 6.01. The van der Waals surface area contributed by atoms with Crippen LogP contribution in [0.5, 0.6) is 0 Å². The van der Waals surface area contributed by atoms with Gasteiger partial charge in [-0.3, -0.25) is 9.88 Å². The summed E-state index contributed by atoms with van der Waals surface area (Å²) in [6, 6.07) is 12.7. The Morgan fingerprint density at radius 3 is 2.88 bits per heavy atom. The van der Waals surface area contributed by atoms with E-state index >= 15 is 0 Å². The summed E-state index contributed by atoms with van der Waals surface area (Å²) in [6.45, 7) is 4.89. The van der Waals surface area contributed by atoms with Gasteiger partial charge in [0.25, 0.3) is 0 Å². The minimum Gasteiger partial charge on any atom is -0.385 e. The summed E-state index contributed by atoms with van der Waals surface area (Å²) in [4.78, 5) is 7.35. The molecule has 4 heteroatoms. The molecular weight excluding hydrogens is 312 g/mol. The van der Waals surface area contributed by atoms with Gasteiger partial charge >= 0.3 is 0 Å². The molecule has 0 N–H and O–H groups in total. The van der Waals surface area contributed by atoms with E-state index in [0.29, 0.717) is 5.92 Å². The molecule has 2 aromatic rings. The van der Waals surface area contributed by atoms with E-state index in [0.717, 1.165) is 63.3 Å². The lowest BCUT2D eigenvalue weighted by atomic mass is 9.78. The fourth-order valence-electron chi connectivity index (χ4n) is 4.52. The number of pyridine rings is 1. The lowest BCUT2D eigenvalue weighted by molar-refractivity contribution is -0.0722. The third kappa shape index (κ3) is 3.57. The summed E-state index contributed by atoms with van der Waals surface area (Å²) < 4.78 is 11.5. The Morgan fingerprint density at radius 2 is 2.04 bits per heavy atom. The van der Waals surface area contributed by atoms with Crippen LogP contribution in [0.2, 0.25) is 0 Å². The summed E-state index contributed by atoms with van der Waals surface area (Å²) in [6.07, 6.45) is 4.59. The monoisotopic (exact) mass is 340 g/mol. The van der Waals surface area contributed by atoms with Crippen molar-refractivity contribution in [2.75, 3.05) is 33.4 Å². The number of rotatable bonds is 5. The standard InChI is InChI=1S/C21H28N2O2/c1-24-14-8-18-9-15-25-21(18)10-12-23(13-11-21)16-19-7-6-17-4-2-3-5-20(17)22-19/h2-7,18H,8-16H2,1H3/t18-/m0/s1. The van der Waals surface area contributed by atoms with Gasteiger partial charge < -0.3 is 9.47 Å². The van der Waals surface area contributed by atoms with Gasteiger partial charge in [-0.1, -0.05) is 24.3 Å². The first-order valence-electron chi connectivity index (χ1n) is 9.49. The Bertz CT molecular complexity index is 710. The molecule has 0 radical (unpaired) electrons. The van der Waals surface area contributed by atoms with Crippen molar-refractivity contribution >= 4 is 10.9 Å². The van der Waals surface area contributed by atoms with E-state index < -0.39 is 0 Å². The number of hydrogen-bond donors (Lipinski definition) is 0. The van der Waals surface area contributed by atoms with Crippen molar-refractivity contribution in [3.05, 3.63) is 42.1 Å². The van der Waals surface area contributed by atoms with Crippen LogP contribution in [0.1, 0.15) is 31.4 Å². The first kappa shape index (κ1) is 17.0. The van der Waals surface area contributed by atoms with Crippen LogP contribution in [-0.4, -0.2) is 48.9 Å². The molecule has 0 saturated carbocycles. The molecule has 4 nitrogen and oxygen atoms in total.